The van der Waals surface area contributed by atoms with Crippen molar-refractivity contribution in [1.82, 2.24) is 4.98 Å². The van der Waals surface area contributed by atoms with Gasteiger partial charge in [-0.1, -0.05) is 24.3 Å². The van der Waals surface area contributed by atoms with Crippen LogP contribution in [0, 0.1) is 0 Å². The summed E-state index contributed by atoms with van der Waals surface area (Å²) in [7, 11) is 3.99. The zero-order valence-electron chi connectivity index (χ0n) is 14.2. The number of carbonyl (C=O) groups is 1. The van der Waals surface area contributed by atoms with Gasteiger partial charge in [-0.2, -0.15) is 0 Å². The Balaban J connectivity index is 1.96. The molecule has 0 amide bonds. The second-order valence-corrected chi connectivity index (χ2v) is 7.04. The highest BCUT2D eigenvalue weighted by Gasteiger charge is 2.09. The fraction of sp³-hybridized carbons (Fsp3) is 0.200. The smallest absolute Gasteiger partial charge is 0.120 e. The Labute approximate surface area is 151 Å². The molecule has 0 N–H and O–H groups in total. The lowest BCUT2D eigenvalue weighted by Crippen LogP contribution is -2.21. The van der Waals surface area contributed by atoms with E-state index in [4.69, 9.17) is 0 Å². The van der Waals surface area contributed by atoms with E-state index in [1.54, 1.807) is 11.3 Å². The van der Waals surface area contributed by atoms with E-state index in [0.717, 1.165) is 32.0 Å². The molecule has 3 aromatic rings. The van der Waals surface area contributed by atoms with Gasteiger partial charge >= 0.3 is 0 Å². The van der Waals surface area contributed by atoms with Gasteiger partial charge in [0.05, 0.1) is 10.2 Å². The van der Waals surface area contributed by atoms with Gasteiger partial charge < -0.3 is 14.8 Å². The first kappa shape index (κ1) is 17.2. The third kappa shape index (κ3) is 4.25. The molecule has 0 saturated heterocycles. The highest BCUT2D eigenvalue weighted by Crippen LogP contribution is 2.31. The molecule has 0 bridgehead atoms. The van der Waals surface area contributed by atoms with E-state index in [9.17, 15) is 9.90 Å². The molecule has 25 heavy (non-hydrogen) atoms. The SMILES string of the molecule is CN(C)c1ccc(/C=C(\CCC(=O)[O-])c2nc3ccccc3s2)cc1. The van der Waals surface area contributed by atoms with Crippen LogP contribution in [0.3, 0.4) is 0 Å². The lowest BCUT2D eigenvalue weighted by molar-refractivity contribution is -0.305. The maximum absolute atomic E-state index is 10.9. The van der Waals surface area contributed by atoms with E-state index in [1.165, 1.54) is 0 Å². The van der Waals surface area contributed by atoms with E-state index in [2.05, 4.69) is 4.98 Å². The van der Waals surface area contributed by atoms with Crippen molar-refractivity contribution in [1.29, 1.82) is 0 Å². The topological polar surface area (TPSA) is 56.3 Å². The van der Waals surface area contributed by atoms with Crippen molar-refractivity contribution >= 4 is 44.9 Å². The number of hydrogen-bond donors (Lipinski definition) is 0. The van der Waals surface area contributed by atoms with Crippen molar-refractivity contribution in [3.8, 4) is 0 Å². The average molecular weight is 351 g/mol. The minimum atomic E-state index is -1.05. The number of thiazole rings is 1. The van der Waals surface area contributed by atoms with Crippen LogP contribution in [0.1, 0.15) is 23.4 Å². The number of nitrogens with zero attached hydrogens (tertiary/aromatic N) is 2. The fourth-order valence-corrected chi connectivity index (χ4v) is 3.57. The highest BCUT2D eigenvalue weighted by atomic mass is 32.1. The third-order valence-corrected chi connectivity index (χ3v) is 5.03. The van der Waals surface area contributed by atoms with Gasteiger partial charge in [-0.15, -0.1) is 11.3 Å². The Hall–Kier alpha value is -2.66. The molecule has 0 aliphatic heterocycles. The minimum Gasteiger partial charge on any atom is -0.550 e. The Morgan fingerprint density at radius 1 is 1.12 bits per heavy atom. The van der Waals surface area contributed by atoms with Crippen LogP contribution in [0.25, 0.3) is 21.9 Å². The molecule has 5 heteroatoms. The molecule has 4 nitrogen and oxygen atoms in total. The van der Waals surface area contributed by atoms with Gasteiger partial charge in [-0.25, -0.2) is 4.98 Å². The number of fused-ring (bicyclic) bond motifs is 1. The number of allylic oxidation sites excluding steroid dienone is 1. The van der Waals surface area contributed by atoms with Gasteiger partial charge in [0, 0.05) is 25.8 Å². The number of aromatic nitrogens is 1. The van der Waals surface area contributed by atoms with Crippen LogP contribution >= 0.6 is 11.3 Å². The number of para-hydroxylation sites is 1. The van der Waals surface area contributed by atoms with E-state index in [0.29, 0.717) is 6.42 Å². The Morgan fingerprint density at radius 2 is 1.84 bits per heavy atom. The Kier molecular flexibility index (Phi) is 5.14. The van der Waals surface area contributed by atoms with Gasteiger partial charge in [-0.3, -0.25) is 0 Å². The van der Waals surface area contributed by atoms with Gasteiger partial charge in [0.25, 0.3) is 0 Å². The molecule has 1 heterocycles. The molecule has 0 fully saturated rings. The van der Waals surface area contributed by atoms with Crippen molar-refractivity contribution in [3.63, 3.8) is 0 Å². The number of carbonyl (C=O) groups excluding carboxylic acids is 1. The lowest BCUT2D eigenvalue weighted by Gasteiger charge is -2.12. The number of carboxylic acid groups (broad SMARTS) is 1. The third-order valence-electron chi connectivity index (χ3n) is 3.92. The summed E-state index contributed by atoms with van der Waals surface area (Å²) < 4.78 is 1.10. The summed E-state index contributed by atoms with van der Waals surface area (Å²) in [5.41, 5.74) is 4.00. The van der Waals surface area contributed by atoms with Crippen LogP contribution in [0.4, 0.5) is 5.69 Å². The number of anilines is 1. The Morgan fingerprint density at radius 3 is 2.48 bits per heavy atom. The molecule has 0 unspecified atom stereocenters. The zero-order chi connectivity index (χ0) is 17.8. The van der Waals surface area contributed by atoms with Crippen molar-refractivity contribution in [2.24, 2.45) is 0 Å². The van der Waals surface area contributed by atoms with Crippen LogP contribution in [0.15, 0.2) is 48.5 Å². The van der Waals surface area contributed by atoms with Gasteiger partial charge in [0.1, 0.15) is 5.01 Å². The number of benzene rings is 2. The quantitative estimate of drug-likeness (QED) is 0.683. The molecule has 0 radical (unpaired) electrons. The first-order chi connectivity index (χ1) is 12.0. The molecular weight excluding hydrogens is 332 g/mol. The van der Waals surface area contributed by atoms with Crippen LogP contribution in [0.5, 0.6) is 0 Å². The number of rotatable bonds is 6. The second kappa shape index (κ2) is 7.49. The second-order valence-electron chi connectivity index (χ2n) is 6.01. The average Bonchev–Trinajstić information content (AvgIpc) is 3.02. The minimum absolute atomic E-state index is 0.0163. The molecule has 128 valence electrons. The molecule has 0 atom stereocenters. The highest BCUT2D eigenvalue weighted by molar-refractivity contribution is 7.19. The maximum Gasteiger partial charge on any atom is 0.120 e. The summed E-state index contributed by atoms with van der Waals surface area (Å²) in [6, 6.07) is 16.1. The molecule has 0 aliphatic carbocycles. The van der Waals surface area contributed by atoms with Crippen LogP contribution in [-0.2, 0) is 4.79 Å². The molecule has 0 aliphatic rings. The first-order valence-corrected chi connectivity index (χ1v) is 8.88. The summed E-state index contributed by atoms with van der Waals surface area (Å²) in [5, 5.41) is 11.8. The predicted octanol–water partition coefficient (Wildman–Crippen LogP) is 3.43. The summed E-state index contributed by atoms with van der Waals surface area (Å²) in [6.07, 6.45) is 2.40. The summed E-state index contributed by atoms with van der Waals surface area (Å²) >= 11 is 1.58. The van der Waals surface area contributed by atoms with Crippen LogP contribution in [-0.4, -0.2) is 25.0 Å². The van der Waals surface area contributed by atoms with Crippen molar-refractivity contribution in [3.05, 3.63) is 59.1 Å². The fourth-order valence-electron chi connectivity index (χ4n) is 2.56. The van der Waals surface area contributed by atoms with Gasteiger partial charge in [0.15, 0.2) is 0 Å². The van der Waals surface area contributed by atoms with Gasteiger partial charge in [0.2, 0.25) is 0 Å². The van der Waals surface area contributed by atoms with Crippen LogP contribution < -0.4 is 10.0 Å². The van der Waals surface area contributed by atoms with Gasteiger partial charge in [-0.05, 0) is 54.3 Å². The predicted molar refractivity (Wildman–Crippen MR) is 103 cm³/mol. The molecule has 1 aromatic heterocycles. The standard InChI is InChI=1S/C20H20N2O2S/c1-22(2)16-10-7-14(8-11-16)13-15(9-12-19(23)24)20-21-17-5-3-4-6-18(17)25-20/h3-8,10-11,13H,9,12H2,1-2H3,(H,23,24)/p-1/b15-13+. The summed E-state index contributed by atoms with van der Waals surface area (Å²) in [4.78, 5) is 17.6. The molecular formula is C20H19N2O2S-. The molecule has 0 spiro atoms. The van der Waals surface area contributed by atoms with E-state index >= 15 is 0 Å². The van der Waals surface area contributed by atoms with E-state index in [-0.39, 0.29) is 6.42 Å². The molecule has 0 saturated carbocycles. The summed E-state index contributed by atoms with van der Waals surface area (Å²) in [5.74, 6) is -1.05. The largest absolute Gasteiger partial charge is 0.550 e. The lowest BCUT2D eigenvalue weighted by atomic mass is 10.1. The monoisotopic (exact) mass is 351 g/mol. The molecule has 2 aromatic carbocycles. The summed E-state index contributed by atoms with van der Waals surface area (Å²) in [6.45, 7) is 0. The number of aliphatic carboxylic acids is 1. The van der Waals surface area contributed by atoms with Crippen molar-refractivity contribution in [2.75, 3.05) is 19.0 Å². The van der Waals surface area contributed by atoms with Crippen LogP contribution in [0.2, 0.25) is 0 Å². The molecule has 3 rings (SSSR count). The number of hydrogen-bond acceptors (Lipinski definition) is 5. The maximum atomic E-state index is 10.9. The van der Waals surface area contributed by atoms with E-state index in [1.807, 2.05) is 73.6 Å². The zero-order valence-corrected chi connectivity index (χ0v) is 15.0. The Bertz CT molecular complexity index is 878. The van der Waals surface area contributed by atoms with Crippen molar-refractivity contribution < 1.29 is 9.90 Å². The first-order valence-electron chi connectivity index (χ1n) is 8.06. The van der Waals surface area contributed by atoms with Crippen molar-refractivity contribution in [2.45, 2.75) is 12.8 Å². The number of carboxylic acids is 1. The van der Waals surface area contributed by atoms with E-state index < -0.39 is 5.97 Å². The normalized spacial score (nSPS) is 11.7.